The number of halogens is 2. The molecule has 29 heavy (non-hydrogen) atoms. The highest BCUT2D eigenvalue weighted by Crippen LogP contribution is 2.18. The Morgan fingerprint density at radius 1 is 1.24 bits per heavy atom. The van der Waals surface area contributed by atoms with E-state index in [4.69, 9.17) is 21.5 Å². The normalized spacial score (nSPS) is 14.7. The minimum atomic E-state index is -0.855. The molecular formula is C22H24Cl2N2O3. The van der Waals surface area contributed by atoms with Crippen molar-refractivity contribution in [3.63, 3.8) is 0 Å². The van der Waals surface area contributed by atoms with Crippen molar-refractivity contribution in [1.29, 1.82) is 0 Å². The van der Waals surface area contributed by atoms with E-state index in [1.54, 1.807) is 6.08 Å². The highest BCUT2D eigenvalue weighted by molar-refractivity contribution is 6.31. The number of benzene rings is 2. The number of carboxylic acid groups (broad SMARTS) is 1. The highest BCUT2D eigenvalue weighted by Gasteiger charge is 2.17. The first-order chi connectivity index (χ1) is 13.5. The standard InChI is InChI=1S/C22H23ClN2O3.ClH/c1-16-6-2-3-10-20(16)21(17-7-4-9-19(23)14-17)24-28-13-12-25-11-5-8-18(15-25)22(26)27;/h2-4,6-10,14H,5,11-13,15H2,1H3,(H,26,27);1H. The van der Waals surface area contributed by atoms with Crippen LogP contribution >= 0.6 is 24.0 Å². The molecule has 5 nitrogen and oxygen atoms in total. The first kappa shape index (κ1) is 22.9. The Balaban J connectivity index is 0.00000300. The molecule has 154 valence electrons. The number of hydrogen-bond acceptors (Lipinski definition) is 4. The monoisotopic (exact) mass is 434 g/mol. The summed E-state index contributed by atoms with van der Waals surface area (Å²) in [5.74, 6) is -0.855. The van der Waals surface area contributed by atoms with Crippen LogP contribution in [0.25, 0.3) is 0 Å². The van der Waals surface area contributed by atoms with Crippen LogP contribution in [0.2, 0.25) is 5.02 Å². The molecule has 0 atom stereocenters. The predicted octanol–water partition coefficient (Wildman–Crippen LogP) is 4.56. The molecule has 0 unspecified atom stereocenters. The third kappa shape index (κ3) is 6.32. The van der Waals surface area contributed by atoms with Crippen molar-refractivity contribution >= 4 is 35.7 Å². The molecule has 0 fully saturated rings. The topological polar surface area (TPSA) is 62.1 Å². The van der Waals surface area contributed by atoms with Crippen molar-refractivity contribution in [3.05, 3.63) is 81.9 Å². The SMILES string of the molecule is Cc1ccccc1C(=NOCCN1CCC=C(C(=O)O)C1)c1cccc(Cl)c1.Cl. The van der Waals surface area contributed by atoms with Crippen molar-refractivity contribution in [2.24, 2.45) is 5.16 Å². The van der Waals surface area contributed by atoms with E-state index in [1.807, 2.05) is 55.5 Å². The van der Waals surface area contributed by atoms with E-state index in [2.05, 4.69) is 10.1 Å². The number of oxime groups is 1. The molecule has 7 heteroatoms. The van der Waals surface area contributed by atoms with Gasteiger partial charge in [0.25, 0.3) is 0 Å². The molecule has 1 N–H and O–H groups in total. The van der Waals surface area contributed by atoms with Gasteiger partial charge in [0.1, 0.15) is 12.3 Å². The molecule has 0 aromatic heterocycles. The maximum Gasteiger partial charge on any atom is 0.332 e. The predicted molar refractivity (Wildman–Crippen MR) is 118 cm³/mol. The lowest BCUT2D eigenvalue weighted by molar-refractivity contribution is -0.133. The molecule has 2 aromatic carbocycles. The van der Waals surface area contributed by atoms with Crippen LogP contribution in [0.4, 0.5) is 0 Å². The summed E-state index contributed by atoms with van der Waals surface area (Å²) in [5, 5.41) is 14.2. The van der Waals surface area contributed by atoms with Gasteiger partial charge in [-0.1, -0.05) is 59.2 Å². The van der Waals surface area contributed by atoms with Crippen LogP contribution in [0.1, 0.15) is 23.1 Å². The summed E-state index contributed by atoms with van der Waals surface area (Å²) < 4.78 is 0. The Labute approximate surface area is 182 Å². The van der Waals surface area contributed by atoms with Gasteiger partial charge in [-0.25, -0.2) is 4.79 Å². The van der Waals surface area contributed by atoms with Gasteiger partial charge in [-0.3, -0.25) is 4.90 Å². The first-order valence-electron chi connectivity index (χ1n) is 9.21. The molecule has 0 saturated heterocycles. The third-order valence-corrected chi connectivity index (χ3v) is 4.89. The third-order valence-electron chi connectivity index (χ3n) is 4.66. The number of hydrogen-bond donors (Lipinski definition) is 1. The molecule has 0 bridgehead atoms. The van der Waals surface area contributed by atoms with E-state index < -0.39 is 5.97 Å². The zero-order valence-electron chi connectivity index (χ0n) is 16.2. The smallest absolute Gasteiger partial charge is 0.332 e. The molecule has 1 heterocycles. The fourth-order valence-electron chi connectivity index (χ4n) is 3.16. The fraction of sp³-hybridized carbons (Fsp3) is 0.273. The minimum absolute atomic E-state index is 0. The number of rotatable bonds is 7. The van der Waals surface area contributed by atoms with Gasteiger partial charge in [-0.2, -0.15) is 0 Å². The molecule has 0 saturated carbocycles. The number of nitrogens with zero attached hydrogens (tertiary/aromatic N) is 2. The second-order valence-electron chi connectivity index (χ2n) is 6.70. The summed E-state index contributed by atoms with van der Waals surface area (Å²) in [7, 11) is 0. The van der Waals surface area contributed by atoms with Gasteiger partial charge in [-0.05, 0) is 31.0 Å². The van der Waals surface area contributed by atoms with E-state index in [9.17, 15) is 4.79 Å². The summed E-state index contributed by atoms with van der Waals surface area (Å²) in [6.45, 7) is 4.28. The number of aryl methyl sites for hydroxylation is 1. The summed E-state index contributed by atoms with van der Waals surface area (Å²) >= 11 is 6.16. The van der Waals surface area contributed by atoms with Gasteiger partial charge in [-0.15, -0.1) is 12.4 Å². The van der Waals surface area contributed by atoms with E-state index >= 15 is 0 Å². The maximum absolute atomic E-state index is 11.1. The number of aliphatic carboxylic acids is 1. The van der Waals surface area contributed by atoms with Gasteiger partial charge in [0.05, 0.1) is 0 Å². The molecule has 3 rings (SSSR count). The maximum atomic E-state index is 11.1. The lowest BCUT2D eigenvalue weighted by atomic mass is 9.98. The molecule has 0 radical (unpaired) electrons. The van der Waals surface area contributed by atoms with Crippen LogP contribution in [0.3, 0.4) is 0 Å². The molecule has 0 spiro atoms. The van der Waals surface area contributed by atoms with Crippen molar-refractivity contribution in [2.45, 2.75) is 13.3 Å². The van der Waals surface area contributed by atoms with E-state index in [0.29, 0.717) is 30.3 Å². The van der Waals surface area contributed by atoms with E-state index in [0.717, 1.165) is 35.4 Å². The second-order valence-corrected chi connectivity index (χ2v) is 7.13. The van der Waals surface area contributed by atoms with Gasteiger partial charge in [0.15, 0.2) is 0 Å². The van der Waals surface area contributed by atoms with Crippen molar-refractivity contribution < 1.29 is 14.7 Å². The highest BCUT2D eigenvalue weighted by atomic mass is 35.5. The number of carboxylic acids is 1. The van der Waals surface area contributed by atoms with Gasteiger partial charge >= 0.3 is 5.97 Å². The van der Waals surface area contributed by atoms with Crippen LogP contribution in [0.15, 0.2) is 65.3 Å². The van der Waals surface area contributed by atoms with Crippen molar-refractivity contribution in [3.8, 4) is 0 Å². The van der Waals surface area contributed by atoms with Crippen LogP contribution in [-0.2, 0) is 9.63 Å². The van der Waals surface area contributed by atoms with Crippen molar-refractivity contribution in [1.82, 2.24) is 4.90 Å². The van der Waals surface area contributed by atoms with E-state index in [1.165, 1.54) is 0 Å². The summed E-state index contributed by atoms with van der Waals surface area (Å²) in [6, 6.07) is 15.5. The van der Waals surface area contributed by atoms with Crippen LogP contribution in [0, 0.1) is 6.92 Å². The molecule has 1 aliphatic rings. The lowest BCUT2D eigenvalue weighted by Gasteiger charge is -2.24. The van der Waals surface area contributed by atoms with Crippen LogP contribution < -0.4 is 0 Å². The Morgan fingerprint density at radius 2 is 2.03 bits per heavy atom. The molecule has 1 aliphatic heterocycles. The lowest BCUT2D eigenvalue weighted by Crippen LogP contribution is -2.34. The zero-order valence-corrected chi connectivity index (χ0v) is 17.7. The van der Waals surface area contributed by atoms with Crippen LogP contribution in [0.5, 0.6) is 0 Å². The zero-order chi connectivity index (χ0) is 19.9. The number of carbonyl (C=O) groups is 1. The quantitative estimate of drug-likeness (QED) is 0.394. The summed E-state index contributed by atoms with van der Waals surface area (Å²) in [4.78, 5) is 18.8. The van der Waals surface area contributed by atoms with Gasteiger partial charge in [0, 0.05) is 41.4 Å². The van der Waals surface area contributed by atoms with Crippen molar-refractivity contribution in [2.75, 3.05) is 26.2 Å². The largest absolute Gasteiger partial charge is 0.478 e. The molecule has 0 amide bonds. The molecule has 2 aromatic rings. The molecule has 0 aliphatic carbocycles. The minimum Gasteiger partial charge on any atom is -0.478 e. The van der Waals surface area contributed by atoms with Gasteiger partial charge in [0.2, 0.25) is 0 Å². The van der Waals surface area contributed by atoms with Gasteiger partial charge < -0.3 is 9.94 Å². The van der Waals surface area contributed by atoms with Crippen LogP contribution in [-0.4, -0.2) is 47.9 Å². The average molecular weight is 435 g/mol. The Kier molecular flexibility index (Phi) is 8.70. The molecular weight excluding hydrogens is 411 g/mol. The average Bonchev–Trinajstić information content (AvgIpc) is 2.69. The second kappa shape index (κ2) is 11.0. The Hall–Kier alpha value is -2.34. The summed E-state index contributed by atoms with van der Waals surface area (Å²) in [6.07, 6.45) is 2.52. The summed E-state index contributed by atoms with van der Waals surface area (Å²) in [5.41, 5.74) is 4.13. The fourth-order valence-corrected chi connectivity index (χ4v) is 3.35. The first-order valence-corrected chi connectivity index (χ1v) is 9.59. The van der Waals surface area contributed by atoms with E-state index in [-0.39, 0.29) is 12.4 Å². The Bertz CT molecular complexity index is 912. The Morgan fingerprint density at radius 3 is 2.76 bits per heavy atom.